The number of carbonyl (C=O) groups is 2. The number of benzene rings is 2. The number of thiazole rings is 1. The number of nitrogens with one attached hydrogen (secondary N) is 2. The van der Waals surface area contributed by atoms with Gasteiger partial charge in [0, 0.05) is 24.0 Å². The van der Waals surface area contributed by atoms with E-state index in [0.717, 1.165) is 21.9 Å². The minimum absolute atomic E-state index is 0.107. The molecule has 0 bridgehead atoms. The predicted molar refractivity (Wildman–Crippen MR) is 110 cm³/mol. The number of hydrogen-bond donors (Lipinski definition) is 2. The molecule has 0 aliphatic rings. The molecule has 0 radical (unpaired) electrons. The molecule has 6 nitrogen and oxygen atoms in total. The quantitative estimate of drug-likeness (QED) is 0.642. The van der Waals surface area contributed by atoms with Crippen LogP contribution in [0.2, 0.25) is 0 Å². The van der Waals surface area contributed by atoms with Crippen molar-refractivity contribution in [3.8, 4) is 16.3 Å². The van der Waals surface area contributed by atoms with Crippen LogP contribution < -0.4 is 15.4 Å². The van der Waals surface area contributed by atoms with Crippen molar-refractivity contribution in [1.29, 1.82) is 0 Å². The molecule has 0 fully saturated rings. The summed E-state index contributed by atoms with van der Waals surface area (Å²) in [6.07, 6.45) is 0. The van der Waals surface area contributed by atoms with Crippen molar-refractivity contribution >= 4 is 23.2 Å². The lowest BCUT2D eigenvalue weighted by molar-refractivity contribution is 0.0941. The third-order valence-corrected chi connectivity index (χ3v) is 4.96. The third kappa shape index (κ3) is 4.55. The summed E-state index contributed by atoms with van der Waals surface area (Å²) in [6.45, 7) is 2.82. The van der Waals surface area contributed by atoms with Gasteiger partial charge in [0.25, 0.3) is 11.8 Å². The van der Waals surface area contributed by atoms with Gasteiger partial charge in [-0.25, -0.2) is 4.98 Å². The van der Waals surface area contributed by atoms with Crippen LogP contribution in [0, 0.1) is 0 Å². The lowest BCUT2D eigenvalue weighted by Gasteiger charge is -2.06. The fourth-order valence-electron chi connectivity index (χ4n) is 2.63. The molecular weight excluding hydrogens is 374 g/mol. The Bertz CT molecular complexity index is 967. The fraction of sp³-hybridized carbons (Fsp3) is 0.190. The van der Waals surface area contributed by atoms with E-state index in [4.69, 9.17) is 4.74 Å². The van der Waals surface area contributed by atoms with Gasteiger partial charge in [-0.2, -0.15) is 0 Å². The normalized spacial score (nSPS) is 10.4. The number of rotatable bonds is 7. The summed E-state index contributed by atoms with van der Waals surface area (Å²) < 4.78 is 5.35. The van der Waals surface area contributed by atoms with Gasteiger partial charge in [-0.3, -0.25) is 9.59 Å². The summed E-state index contributed by atoms with van der Waals surface area (Å²) in [5.41, 5.74) is 2.72. The fourth-order valence-corrected chi connectivity index (χ4v) is 3.46. The second-order valence-corrected chi connectivity index (χ2v) is 6.84. The Morgan fingerprint density at radius 2 is 1.79 bits per heavy atom. The summed E-state index contributed by atoms with van der Waals surface area (Å²) in [6, 6.07) is 14.7. The van der Waals surface area contributed by atoms with Gasteiger partial charge in [0.15, 0.2) is 0 Å². The molecule has 0 saturated carbocycles. The van der Waals surface area contributed by atoms with Gasteiger partial charge < -0.3 is 15.4 Å². The number of ether oxygens (including phenoxy) is 1. The Kier molecular flexibility index (Phi) is 6.39. The molecule has 0 aliphatic carbocycles. The van der Waals surface area contributed by atoms with E-state index in [0.29, 0.717) is 24.3 Å². The predicted octanol–water partition coefficient (Wildman–Crippen LogP) is 3.50. The van der Waals surface area contributed by atoms with Gasteiger partial charge >= 0.3 is 0 Å². The van der Waals surface area contributed by atoms with Crippen LogP contribution >= 0.6 is 11.3 Å². The highest BCUT2D eigenvalue weighted by Crippen LogP contribution is 2.31. The van der Waals surface area contributed by atoms with Crippen molar-refractivity contribution in [3.63, 3.8) is 0 Å². The van der Waals surface area contributed by atoms with Crippen molar-refractivity contribution < 1.29 is 14.3 Å². The molecular formula is C21H21N3O3S. The number of para-hydroxylation sites is 1. The first kappa shape index (κ1) is 19.6. The highest BCUT2D eigenvalue weighted by atomic mass is 32.1. The molecule has 144 valence electrons. The zero-order chi connectivity index (χ0) is 19.9. The van der Waals surface area contributed by atoms with E-state index < -0.39 is 0 Å². The molecule has 2 N–H and O–H groups in total. The van der Waals surface area contributed by atoms with E-state index in [2.05, 4.69) is 15.6 Å². The molecule has 3 aromatic rings. The first-order valence-electron chi connectivity index (χ1n) is 8.86. The zero-order valence-corrected chi connectivity index (χ0v) is 16.5. The van der Waals surface area contributed by atoms with Crippen LogP contribution in [-0.2, 0) is 6.54 Å². The highest BCUT2D eigenvalue weighted by Gasteiger charge is 2.14. The summed E-state index contributed by atoms with van der Waals surface area (Å²) in [5.74, 6) is 0.366. The number of hydrogen-bond acceptors (Lipinski definition) is 5. The third-order valence-electron chi connectivity index (χ3n) is 4.08. The number of carbonyl (C=O) groups excluding carboxylic acids is 2. The molecule has 28 heavy (non-hydrogen) atoms. The molecule has 1 heterocycles. The molecule has 7 heteroatoms. The Hall–Kier alpha value is -3.19. The molecule has 0 aliphatic heterocycles. The van der Waals surface area contributed by atoms with Crippen molar-refractivity contribution in [2.45, 2.75) is 13.5 Å². The maximum Gasteiger partial charge on any atom is 0.271 e. The largest absolute Gasteiger partial charge is 0.496 e. The monoisotopic (exact) mass is 395 g/mol. The Morgan fingerprint density at radius 1 is 1.04 bits per heavy atom. The van der Waals surface area contributed by atoms with Gasteiger partial charge in [0.2, 0.25) is 0 Å². The lowest BCUT2D eigenvalue weighted by Crippen LogP contribution is -2.24. The van der Waals surface area contributed by atoms with Crippen LogP contribution in [-0.4, -0.2) is 30.5 Å². The van der Waals surface area contributed by atoms with Crippen LogP contribution in [0.15, 0.2) is 53.9 Å². The van der Waals surface area contributed by atoms with Crippen LogP contribution in [0.4, 0.5) is 0 Å². The lowest BCUT2D eigenvalue weighted by atomic mass is 10.1. The summed E-state index contributed by atoms with van der Waals surface area (Å²) in [5, 5.41) is 8.07. The molecule has 3 rings (SSSR count). The van der Waals surface area contributed by atoms with E-state index >= 15 is 0 Å². The summed E-state index contributed by atoms with van der Waals surface area (Å²) in [7, 11) is 1.61. The summed E-state index contributed by atoms with van der Waals surface area (Å²) in [4.78, 5) is 28.6. The average molecular weight is 395 g/mol. The molecule has 1 aromatic heterocycles. The van der Waals surface area contributed by atoms with Crippen molar-refractivity contribution in [1.82, 2.24) is 15.6 Å². The molecule has 0 saturated heterocycles. The van der Waals surface area contributed by atoms with E-state index in [1.54, 1.807) is 24.6 Å². The second kappa shape index (κ2) is 9.14. The first-order valence-corrected chi connectivity index (χ1v) is 9.74. The zero-order valence-electron chi connectivity index (χ0n) is 15.7. The van der Waals surface area contributed by atoms with Crippen molar-refractivity contribution in [3.05, 3.63) is 70.7 Å². The van der Waals surface area contributed by atoms with Crippen molar-refractivity contribution in [2.75, 3.05) is 13.7 Å². The van der Waals surface area contributed by atoms with Crippen LogP contribution in [0.5, 0.6) is 5.75 Å². The molecule has 2 aromatic carbocycles. The Labute approximate surface area is 167 Å². The van der Waals surface area contributed by atoms with Crippen LogP contribution in [0.25, 0.3) is 10.6 Å². The molecule has 0 atom stereocenters. The SMILES string of the molecule is CCNC(=O)c1ccc(CNC(=O)c2csc(-c3ccccc3OC)n2)cc1. The average Bonchev–Trinajstić information content (AvgIpc) is 3.22. The van der Waals surface area contributed by atoms with E-state index in [9.17, 15) is 9.59 Å². The number of methoxy groups -OCH3 is 1. The Balaban J connectivity index is 1.63. The van der Waals surface area contributed by atoms with Gasteiger partial charge in [-0.1, -0.05) is 24.3 Å². The number of nitrogens with zero attached hydrogens (tertiary/aromatic N) is 1. The molecule has 0 spiro atoms. The van der Waals surface area contributed by atoms with Gasteiger partial charge in [-0.15, -0.1) is 11.3 Å². The van der Waals surface area contributed by atoms with E-state index in [-0.39, 0.29) is 11.8 Å². The Morgan fingerprint density at radius 3 is 2.50 bits per heavy atom. The number of aromatic nitrogens is 1. The molecule has 0 unspecified atom stereocenters. The van der Waals surface area contributed by atoms with Crippen LogP contribution in [0.3, 0.4) is 0 Å². The van der Waals surface area contributed by atoms with Gasteiger partial charge in [0.1, 0.15) is 16.5 Å². The van der Waals surface area contributed by atoms with Crippen LogP contribution in [0.1, 0.15) is 33.3 Å². The first-order chi connectivity index (χ1) is 13.6. The highest BCUT2D eigenvalue weighted by molar-refractivity contribution is 7.13. The summed E-state index contributed by atoms with van der Waals surface area (Å²) >= 11 is 1.40. The maximum atomic E-state index is 12.4. The second-order valence-electron chi connectivity index (χ2n) is 5.98. The minimum Gasteiger partial charge on any atom is -0.496 e. The van der Waals surface area contributed by atoms with E-state index in [1.165, 1.54) is 11.3 Å². The maximum absolute atomic E-state index is 12.4. The topological polar surface area (TPSA) is 80.3 Å². The number of amides is 2. The standard InChI is InChI=1S/C21H21N3O3S/c1-3-22-19(25)15-10-8-14(9-11-15)12-23-20(26)17-13-28-21(24-17)16-6-4-5-7-18(16)27-2/h4-11,13H,3,12H2,1-2H3,(H,22,25)(H,23,26). The minimum atomic E-state index is -0.245. The van der Waals surface area contributed by atoms with Crippen molar-refractivity contribution in [2.24, 2.45) is 0 Å². The van der Waals surface area contributed by atoms with Gasteiger partial charge in [-0.05, 0) is 36.8 Å². The van der Waals surface area contributed by atoms with E-state index in [1.807, 2.05) is 43.3 Å². The molecule has 2 amide bonds. The van der Waals surface area contributed by atoms with Gasteiger partial charge in [0.05, 0.1) is 12.7 Å². The smallest absolute Gasteiger partial charge is 0.271 e.